The molecule has 3 unspecified atom stereocenters. The molecule has 3 atom stereocenters. The van der Waals surface area contributed by atoms with Gasteiger partial charge in [-0.1, -0.05) is 152 Å². The monoisotopic (exact) mass is 605 g/mol. The van der Waals surface area contributed by atoms with Gasteiger partial charge >= 0.3 is 0 Å². The highest BCUT2D eigenvalue weighted by Gasteiger charge is 2.48. The Morgan fingerprint density at radius 2 is 1.64 bits per heavy atom. The molecule has 0 nitrogen and oxygen atoms in total. The molecule has 0 heteroatoms. The molecule has 0 N–H and O–H groups in total. The topological polar surface area (TPSA) is 0 Å². The summed E-state index contributed by atoms with van der Waals surface area (Å²) >= 11 is 0. The van der Waals surface area contributed by atoms with E-state index in [1.165, 1.54) is 63.8 Å². The molecule has 0 heterocycles. The molecule has 45 heavy (non-hydrogen) atoms. The first-order valence-electron chi connectivity index (χ1n) is 17.4. The molecule has 2 aromatic rings. The Hall–Kier alpha value is -3.12. The van der Waals surface area contributed by atoms with Gasteiger partial charge in [0.25, 0.3) is 0 Å². The summed E-state index contributed by atoms with van der Waals surface area (Å²) in [5.41, 5.74) is 12.7. The van der Waals surface area contributed by atoms with Crippen molar-refractivity contribution in [3.05, 3.63) is 130 Å². The van der Waals surface area contributed by atoms with Gasteiger partial charge in [0.15, 0.2) is 0 Å². The Balaban J connectivity index is 0.000000537. The smallest absolute Gasteiger partial charge is 0.0133 e. The highest BCUT2D eigenvalue weighted by atomic mass is 14.5. The van der Waals surface area contributed by atoms with E-state index in [-0.39, 0.29) is 5.41 Å². The van der Waals surface area contributed by atoms with Gasteiger partial charge in [-0.15, -0.1) is 0 Å². The summed E-state index contributed by atoms with van der Waals surface area (Å²) in [4.78, 5) is 0. The van der Waals surface area contributed by atoms with Gasteiger partial charge in [-0.25, -0.2) is 0 Å². The zero-order valence-corrected chi connectivity index (χ0v) is 30.8. The van der Waals surface area contributed by atoms with Gasteiger partial charge in [0, 0.05) is 0 Å². The van der Waals surface area contributed by atoms with Crippen molar-refractivity contribution < 1.29 is 0 Å². The van der Waals surface area contributed by atoms with E-state index in [4.69, 9.17) is 0 Å². The zero-order valence-electron chi connectivity index (χ0n) is 30.8. The van der Waals surface area contributed by atoms with E-state index in [2.05, 4.69) is 168 Å². The zero-order chi connectivity index (χ0) is 33.8. The van der Waals surface area contributed by atoms with Gasteiger partial charge in [-0.05, 0) is 128 Å². The second-order valence-electron chi connectivity index (χ2n) is 14.6. The summed E-state index contributed by atoms with van der Waals surface area (Å²) < 4.78 is 0. The van der Waals surface area contributed by atoms with Crippen LogP contribution in [0.4, 0.5) is 0 Å². The quantitative estimate of drug-likeness (QED) is 0.158. The highest BCUT2D eigenvalue weighted by Crippen LogP contribution is 2.58. The fraction of sp³-hybridized carbons (Fsp3) is 0.467. The molecular weight excluding hydrogens is 540 g/mol. The highest BCUT2D eigenvalue weighted by molar-refractivity contribution is 5.61. The van der Waals surface area contributed by atoms with Crippen LogP contribution in [0.15, 0.2) is 102 Å². The molecule has 1 aliphatic carbocycles. The lowest BCUT2D eigenvalue weighted by Gasteiger charge is -2.26. The fourth-order valence-electron chi connectivity index (χ4n) is 6.55. The number of rotatable bonds is 13. The standard InChI is InChI=1S/C34H44.C11H20/c1-10-30(33(11-2)34(7,8)9)22-18-27(5)32-14-12-13-29(24-32)19-15-25(3)16-20-31-21-17-26(4)23-28(31)6;1-5-9(3)7-11(6-2)8-10(11)4/h10-17,19-21,23-24,27H,3,18,22H2,1-2,4-9H3;10H,3,5-8H2,1-2,4H3/b19-15+,20-16-,30-10-,33-11+;. The van der Waals surface area contributed by atoms with Gasteiger partial charge < -0.3 is 0 Å². The molecule has 0 aliphatic heterocycles. The summed E-state index contributed by atoms with van der Waals surface area (Å²) in [6.07, 6.45) is 20.5. The number of hydrogen-bond acceptors (Lipinski definition) is 0. The average molecular weight is 605 g/mol. The van der Waals surface area contributed by atoms with Gasteiger partial charge in [0.1, 0.15) is 0 Å². The minimum Gasteiger partial charge on any atom is -0.0999 e. The summed E-state index contributed by atoms with van der Waals surface area (Å²) in [6.45, 7) is 33.0. The Bertz CT molecular complexity index is 1390. The predicted octanol–water partition coefficient (Wildman–Crippen LogP) is 14.2. The van der Waals surface area contributed by atoms with Crippen molar-refractivity contribution in [2.75, 3.05) is 0 Å². The van der Waals surface area contributed by atoms with Crippen molar-refractivity contribution in [2.24, 2.45) is 16.7 Å². The third-order valence-electron chi connectivity index (χ3n) is 9.91. The van der Waals surface area contributed by atoms with Crippen molar-refractivity contribution in [1.29, 1.82) is 0 Å². The molecule has 0 bridgehead atoms. The van der Waals surface area contributed by atoms with Gasteiger partial charge in [-0.2, -0.15) is 0 Å². The van der Waals surface area contributed by atoms with Gasteiger partial charge in [-0.3, -0.25) is 0 Å². The fourth-order valence-corrected chi connectivity index (χ4v) is 6.55. The minimum atomic E-state index is 0.180. The third-order valence-corrected chi connectivity index (χ3v) is 9.91. The van der Waals surface area contributed by atoms with E-state index >= 15 is 0 Å². The first-order valence-corrected chi connectivity index (χ1v) is 17.4. The van der Waals surface area contributed by atoms with Crippen LogP contribution >= 0.6 is 0 Å². The molecule has 1 aliphatic rings. The molecule has 0 aromatic heterocycles. The molecule has 244 valence electrons. The second kappa shape index (κ2) is 17.5. The maximum atomic E-state index is 4.21. The van der Waals surface area contributed by atoms with Crippen LogP contribution in [0.1, 0.15) is 135 Å². The summed E-state index contributed by atoms with van der Waals surface area (Å²) in [5, 5.41) is 0. The van der Waals surface area contributed by atoms with E-state index in [0.717, 1.165) is 30.8 Å². The van der Waals surface area contributed by atoms with E-state index in [1.807, 2.05) is 0 Å². The van der Waals surface area contributed by atoms with Gasteiger partial charge in [0.2, 0.25) is 0 Å². The lowest BCUT2D eigenvalue weighted by atomic mass is 9.79. The van der Waals surface area contributed by atoms with Crippen LogP contribution in [0.25, 0.3) is 12.2 Å². The summed E-state index contributed by atoms with van der Waals surface area (Å²) in [7, 11) is 0. The largest absolute Gasteiger partial charge is 0.0999 e. The Morgan fingerprint density at radius 3 is 2.18 bits per heavy atom. The Morgan fingerprint density at radius 1 is 0.978 bits per heavy atom. The number of aryl methyl sites for hydroxylation is 2. The molecule has 2 aromatic carbocycles. The molecule has 0 saturated heterocycles. The molecule has 1 saturated carbocycles. The first-order chi connectivity index (χ1) is 21.2. The normalized spacial score (nSPS) is 19.4. The van der Waals surface area contributed by atoms with Crippen LogP contribution < -0.4 is 0 Å². The summed E-state index contributed by atoms with van der Waals surface area (Å²) in [6, 6.07) is 15.4. The van der Waals surface area contributed by atoms with E-state index in [1.54, 1.807) is 0 Å². The second-order valence-corrected chi connectivity index (χ2v) is 14.6. The van der Waals surface area contributed by atoms with Crippen LogP contribution in [0.2, 0.25) is 0 Å². The summed E-state index contributed by atoms with van der Waals surface area (Å²) in [5.74, 6) is 1.46. The van der Waals surface area contributed by atoms with E-state index in [9.17, 15) is 0 Å². The molecule has 1 fully saturated rings. The van der Waals surface area contributed by atoms with Gasteiger partial charge in [0.05, 0.1) is 0 Å². The predicted molar refractivity (Wildman–Crippen MR) is 205 cm³/mol. The van der Waals surface area contributed by atoms with Crippen LogP contribution in [-0.2, 0) is 0 Å². The Labute approximate surface area is 278 Å². The van der Waals surface area contributed by atoms with Crippen molar-refractivity contribution in [3.8, 4) is 0 Å². The third kappa shape index (κ3) is 12.0. The van der Waals surface area contributed by atoms with Crippen LogP contribution in [0, 0.1) is 30.6 Å². The lowest BCUT2D eigenvalue weighted by Crippen LogP contribution is -2.12. The van der Waals surface area contributed by atoms with Crippen molar-refractivity contribution in [2.45, 2.75) is 121 Å². The SMILES string of the molecule is C=C(/C=C\c1ccc(C)cc1C)/C=C/c1cccc(C(C)CCC(=C/C)/C(=C\C)C(C)(C)C)c1.C=C(CC)CC1(CC)CC1C. The van der Waals surface area contributed by atoms with Crippen molar-refractivity contribution in [1.82, 2.24) is 0 Å². The number of allylic oxidation sites excluding steroid dienone is 8. The molecule has 3 rings (SSSR count). The number of benzene rings is 2. The number of hydrogen-bond donors (Lipinski definition) is 0. The lowest BCUT2D eigenvalue weighted by molar-refractivity contribution is 0.441. The maximum absolute atomic E-state index is 4.21. The molecular formula is C45H64. The molecule has 0 spiro atoms. The minimum absolute atomic E-state index is 0.180. The van der Waals surface area contributed by atoms with Crippen LogP contribution in [0.3, 0.4) is 0 Å². The van der Waals surface area contributed by atoms with Crippen molar-refractivity contribution in [3.63, 3.8) is 0 Å². The molecule has 0 radical (unpaired) electrons. The van der Waals surface area contributed by atoms with E-state index < -0.39 is 0 Å². The first kappa shape index (κ1) is 38.1. The molecule has 0 amide bonds. The average Bonchev–Trinajstić information content (AvgIpc) is 3.65. The van der Waals surface area contributed by atoms with Crippen molar-refractivity contribution >= 4 is 12.2 Å². The Kier molecular flexibility index (Phi) is 14.8. The van der Waals surface area contributed by atoms with Crippen LogP contribution in [0.5, 0.6) is 0 Å². The van der Waals surface area contributed by atoms with Crippen LogP contribution in [-0.4, -0.2) is 0 Å². The maximum Gasteiger partial charge on any atom is -0.0133 e. The van der Waals surface area contributed by atoms with E-state index in [0.29, 0.717) is 11.3 Å².